The molecule has 1 heterocycles. The normalized spacial score (nSPS) is 11.4. The van der Waals surface area contributed by atoms with Crippen LogP contribution < -0.4 is 11.1 Å². The van der Waals surface area contributed by atoms with Crippen molar-refractivity contribution in [3.8, 4) is 11.8 Å². The molecular formula is C14H19N3O3S. The van der Waals surface area contributed by atoms with Gasteiger partial charge in [-0.1, -0.05) is 11.8 Å². The van der Waals surface area contributed by atoms with Gasteiger partial charge in [0, 0.05) is 30.8 Å². The van der Waals surface area contributed by atoms with Crippen LogP contribution in [0.4, 0.5) is 0 Å². The van der Waals surface area contributed by atoms with Gasteiger partial charge in [0.25, 0.3) is 5.91 Å². The second-order valence-electron chi connectivity index (χ2n) is 5.18. The summed E-state index contributed by atoms with van der Waals surface area (Å²) in [6.07, 6.45) is 4.07. The molecule has 1 aromatic heterocycles. The van der Waals surface area contributed by atoms with Crippen LogP contribution in [0, 0.1) is 11.8 Å². The number of aromatic nitrogens is 1. The maximum atomic E-state index is 12.0. The number of nitrogens with one attached hydrogen (secondary N) is 1. The van der Waals surface area contributed by atoms with Crippen LogP contribution in [0.2, 0.25) is 0 Å². The summed E-state index contributed by atoms with van der Waals surface area (Å²) in [5.74, 6) is 5.06. The summed E-state index contributed by atoms with van der Waals surface area (Å²) in [4.78, 5) is 16.0. The van der Waals surface area contributed by atoms with Crippen LogP contribution in [-0.2, 0) is 9.84 Å². The van der Waals surface area contributed by atoms with Crippen molar-refractivity contribution in [3.63, 3.8) is 0 Å². The van der Waals surface area contributed by atoms with Gasteiger partial charge in [-0.05, 0) is 19.9 Å². The summed E-state index contributed by atoms with van der Waals surface area (Å²) < 4.78 is 22.1. The molecular weight excluding hydrogens is 290 g/mol. The third kappa shape index (κ3) is 4.85. The number of sulfone groups is 1. The van der Waals surface area contributed by atoms with E-state index in [-0.39, 0.29) is 13.1 Å². The molecule has 6 nitrogen and oxygen atoms in total. The maximum absolute atomic E-state index is 12.0. The van der Waals surface area contributed by atoms with Crippen LogP contribution in [0.15, 0.2) is 18.5 Å². The second-order valence-corrected chi connectivity index (χ2v) is 7.83. The van der Waals surface area contributed by atoms with E-state index in [2.05, 4.69) is 22.1 Å². The Labute approximate surface area is 125 Å². The van der Waals surface area contributed by atoms with Crippen molar-refractivity contribution in [2.45, 2.75) is 18.6 Å². The Morgan fingerprint density at radius 3 is 2.67 bits per heavy atom. The fourth-order valence-electron chi connectivity index (χ4n) is 1.31. The zero-order chi connectivity index (χ0) is 16.1. The summed E-state index contributed by atoms with van der Waals surface area (Å²) in [5.41, 5.74) is 6.18. The van der Waals surface area contributed by atoms with Crippen molar-refractivity contribution in [1.29, 1.82) is 0 Å². The molecule has 0 saturated carbocycles. The number of nitrogens with zero attached hydrogens (tertiary/aromatic N) is 1. The first-order valence-electron chi connectivity index (χ1n) is 6.29. The van der Waals surface area contributed by atoms with Gasteiger partial charge in [0.2, 0.25) is 0 Å². The zero-order valence-electron chi connectivity index (χ0n) is 12.3. The van der Waals surface area contributed by atoms with E-state index in [1.54, 1.807) is 19.9 Å². The van der Waals surface area contributed by atoms with Gasteiger partial charge >= 0.3 is 0 Å². The quantitative estimate of drug-likeness (QED) is 0.759. The van der Waals surface area contributed by atoms with Gasteiger partial charge in [-0.15, -0.1) is 0 Å². The first-order valence-corrected chi connectivity index (χ1v) is 8.18. The van der Waals surface area contributed by atoms with Gasteiger partial charge in [-0.3, -0.25) is 9.78 Å². The molecule has 7 heteroatoms. The molecule has 1 rings (SSSR count). The molecule has 1 aromatic rings. The molecule has 0 spiro atoms. The number of nitrogens with two attached hydrogens (primary N) is 1. The highest BCUT2D eigenvalue weighted by atomic mass is 32.2. The average molecular weight is 309 g/mol. The molecule has 0 bridgehead atoms. The number of carbonyl (C=O) groups is 1. The Bertz CT molecular complexity index is 685. The molecule has 0 aliphatic carbocycles. The van der Waals surface area contributed by atoms with E-state index in [0.717, 1.165) is 6.26 Å². The maximum Gasteiger partial charge on any atom is 0.252 e. The van der Waals surface area contributed by atoms with E-state index in [0.29, 0.717) is 11.1 Å². The Kier molecular flexibility index (Phi) is 5.47. The van der Waals surface area contributed by atoms with Crippen molar-refractivity contribution in [2.75, 3.05) is 19.3 Å². The van der Waals surface area contributed by atoms with E-state index in [9.17, 15) is 13.2 Å². The molecule has 3 N–H and O–H groups in total. The number of hydrogen-bond acceptors (Lipinski definition) is 5. The van der Waals surface area contributed by atoms with Crippen LogP contribution in [-0.4, -0.2) is 43.4 Å². The van der Waals surface area contributed by atoms with Crippen LogP contribution >= 0.6 is 0 Å². The summed E-state index contributed by atoms with van der Waals surface area (Å²) >= 11 is 0. The Morgan fingerprint density at radius 2 is 2.10 bits per heavy atom. The molecule has 0 saturated heterocycles. The molecule has 0 aliphatic rings. The largest absolute Gasteiger partial charge is 0.350 e. The second kappa shape index (κ2) is 6.70. The predicted molar refractivity (Wildman–Crippen MR) is 81.4 cm³/mol. The lowest BCUT2D eigenvalue weighted by atomic mass is 10.1. The Balaban J connectivity index is 2.82. The first kappa shape index (κ1) is 17.1. The number of hydrogen-bond donors (Lipinski definition) is 2. The van der Waals surface area contributed by atoms with Crippen LogP contribution in [0.25, 0.3) is 0 Å². The Morgan fingerprint density at radius 1 is 1.43 bits per heavy atom. The third-order valence-corrected chi connectivity index (χ3v) is 5.17. The van der Waals surface area contributed by atoms with Crippen LogP contribution in [0.5, 0.6) is 0 Å². The fraction of sp³-hybridized carbons (Fsp3) is 0.429. The van der Waals surface area contributed by atoms with Crippen molar-refractivity contribution >= 4 is 15.7 Å². The number of amides is 1. The van der Waals surface area contributed by atoms with Gasteiger partial charge in [-0.2, -0.15) is 0 Å². The topological polar surface area (TPSA) is 102 Å². The van der Waals surface area contributed by atoms with E-state index < -0.39 is 20.5 Å². The van der Waals surface area contributed by atoms with Crippen LogP contribution in [0.1, 0.15) is 29.8 Å². The molecule has 114 valence electrons. The van der Waals surface area contributed by atoms with Gasteiger partial charge < -0.3 is 11.1 Å². The van der Waals surface area contributed by atoms with Crippen molar-refractivity contribution < 1.29 is 13.2 Å². The standard InChI is InChI=1S/C14H19N3O3S/c1-14(2,21(3,19)20)10-17-13(18)12-7-11(5-4-6-15)8-16-9-12/h7-9H,6,10,15H2,1-3H3,(H,17,18). The number of pyridine rings is 1. The van der Waals surface area contributed by atoms with E-state index >= 15 is 0 Å². The summed E-state index contributed by atoms with van der Waals surface area (Å²) in [6, 6.07) is 1.58. The highest BCUT2D eigenvalue weighted by molar-refractivity contribution is 7.92. The van der Waals surface area contributed by atoms with Gasteiger partial charge in [-0.25, -0.2) is 8.42 Å². The molecule has 0 atom stereocenters. The monoisotopic (exact) mass is 309 g/mol. The highest BCUT2D eigenvalue weighted by Crippen LogP contribution is 2.13. The van der Waals surface area contributed by atoms with E-state index in [1.807, 2.05) is 0 Å². The molecule has 21 heavy (non-hydrogen) atoms. The van der Waals surface area contributed by atoms with Crippen molar-refractivity contribution in [2.24, 2.45) is 5.73 Å². The molecule has 0 unspecified atom stereocenters. The third-order valence-electron chi connectivity index (χ3n) is 3.01. The van der Waals surface area contributed by atoms with E-state index in [1.165, 1.54) is 12.4 Å². The minimum atomic E-state index is -3.27. The molecule has 0 fully saturated rings. The number of rotatable bonds is 4. The lowest BCUT2D eigenvalue weighted by Gasteiger charge is -2.22. The minimum absolute atomic E-state index is 0.0172. The fourth-order valence-corrected chi connectivity index (χ4v) is 1.65. The molecule has 0 radical (unpaired) electrons. The van der Waals surface area contributed by atoms with Gasteiger partial charge in [0.05, 0.1) is 16.9 Å². The Hall–Kier alpha value is -1.91. The van der Waals surface area contributed by atoms with Gasteiger partial charge in [0.15, 0.2) is 9.84 Å². The molecule has 0 aromatic carbocycles. The van der Waals surface area contributed by atoms with Gasteiger partial charge in [0.1, 0.15) is 0 Å². The zero-order valence-corrected chi connectivity index (χ0v) is 13.1. The highest BCUT2D eigenvalue weighted by Gasteiger charge is 2.30. The number of carbonyl (C=O) groups excluding carboxylic acids is 1. The van der Waals surface area contributed by atoms with Crippen molar-refractivity contribution in [3.05, 3.63) is 29.6 Å². The summed E-state index contributed by atoms with van der Waals surface area (Å²) in [6.45, 7) is 3.36. The summed E-state index contributed by atoms with van der Waals surface area (Å²) in [5, 5.41) is 2.60. The molecule has 1 amide bonds. The van der Waals surface area contributed by atoms with Crippen molar-refractivity contribution in [1.82, 2.24) is 10.3 Å². The lowest BCUT2D eigenvalue weighted by Crippen LogP contribution is -2.43. The van der Waals surface area contributed by atoms with Crippen LogP contribution in [0.3, 0.4) is 0 Å². The smallest absolute Gasteiger partial charge is 0.252 e. The lowest BCUT2D eigenvalue weighted by molar-refractivity contribution is 0.0950. The predicted octanol–water partition coefficient (Wildman–Crippen LogP) is -0.0552. The minimum Gasteiger partial charge on any atom is -0.350 e. The SMILES string of the molecule is CC(C)(CNC(=O)c1cncc(C#CCN)c1)S(C)(=O)=O. The first-order chi connectivity index (χ1) is 9.67. The van der Waals surface area contributed by atoms with E-state index in [4.69, 9.17) is 5.73 Å². The average Bonchev–Trinajstić information content (AvgIpc) is 2.41. The summed E-state index contributed by atoms with van der Waals surface area (Å²) in [7, 11) is -3.27. The molecule has 0 aliphatic heterocycles.